The van der Waals surface area contributed by atoms with Crippen LogP contribution in [0.25, 0.3) is 10.9 Å². The fourth-order valence-corrected chi connectivity index (χ4v) is 2.55. The van der Waals surface area contributed by atoms with Gasteiger partial charge in [-0.2, -0.15) is 0 Å². The molecule has 3 heteroatoms. The van der Waals surface area contributed by atoms with Crippen molar-refractivity contribution in [2.24, 2.45) is 0 Å². The molecule has 0 aromatic carbocycles. The Labute approximate surface area is 87.5 Å². The number of aromatic amines is 2. The molecule has 0 spiro atoms. The van der Waals surface area contributed by atoms with Crippen LogP contribution in [-0.4, -0.2) is 9.97 Å². The molecule has 0 fully saturated rings. The Hall–Kier alpha value is -1.51. The van der Waals surface area contributed by atoms with Gasteiger partial charge in [0.2, 0.25) is 0 Å². The Balaban J connectivity index is 2.46. The van der Waals surface area contributed by atoms with Crippen LogP contribution in [0.2, 0.25) is 0 Å². The van der Waals surface area contributed by atoms with Crippen LogP contribution in [0.1, 0.15) is 29.7 Å². The minimum atomic E-state index is 0.0509. The lowest BCUT2D eigenvalue weighted by Crippen LogP contribution is -2.08. The molecule has 0 bridgehead atoms. The number of aryl methyl sites for hydroxylation is 3. The van der Waals surface area contributed by atoms with Crippen molar-refractivity contribution < 1.29 is 0 Å². The van der Waals surface area contributed by atoms with Crippen LogP contribution in [0.4, 0.5) is 0 Å². The summed E-state index contributed by atoms with van der Waals surface area (Å²) in [6, 6.07) is 0. The van der Waals surface area contributed by atoms with E-state index in [9.17, 15) is 4.79 Å². The van der Waals surface area contributed by atoms with Crippen LogP contribution in [0.15, 0.2) is 11.0 Å². The van der Waals surface area contributed by atoms with Crippen molar-refractivity contribution in [1.82, 2.24) is 9.97 Å². The summed E-state index contributed by atoms with van der Waals surface area (Å²) < 4.78 is 0. The van der Waals surface area contributed by atoms with Crippen LogP contribution in [0.3, 0.4) is 0 Å². The van der Waals surface area contributed by atoms with Crippen molar-refractivity contribution in [1.29, 1.82) is 0 Å². The lowest BCUT2D eigenvalue weighted by molar-refractivity contribution is 0.679. The monoisotopic (exact) mass is 202 g/mol. The highest BCUT2D eigenvalue weighted by Gasteiger charge is 2.18. The number of fused-ring (bicyclic) bond motifs is 3. The molecule has 0 unspecified atom stereocenters. The molecule has 3 nitrogen and oxygen atoms in total. The van der Waals surface area contributed by atoms with Crippen LogP contribution >= 0.6 is 0 Å². The number of aromatic nitrogens is 2. The first-order chi connectivity index (χ1) is 7.27. The van der Waals surface area contributed by atoms with Gasteiger partial charge in [0.1, 0.15) is 0 Å². The lowest BCUT2D eigenvalue weighted by atomic mass is 9.96. The molecule has 15 heavy (non-hydrogen) atoms. The predicted octanol–water partition coefficient (Wildman–Crippen LogP) is 2.04. The molecule has 0 atom stereocenters. The number of nitrogens with one attached hydrogen (secondary N) is 2. The second-order valence-corrected chi connectivity index (χ2v) is 4.34. The summed E-state index contributed by atoms with van der Waals surface area (Å²) in [7, 11) is 0. The third-order valence-corrected chi connectivity index (χ3v) is 3.34. The van der Waals surface area contributed by atoms with Crippen molar-refractivity contribution in [3.05, 3.63) is 33.4 Å². The van der Waals surface area contributed by atoms with Gasteiger partial charge in [-0.05, 0) is 43.7 Å². The van der Waals surface area contributed by atoms with Crippen molar-refractivity contribution in [3.8, 4) is 0 Å². The summed E-state index contributed by atoms with van der Waals surface area (Å²) in [5.74, 6) is 0. The maximum atomic E-state index is 11.8. The predicted molar refractivity (Wildman–Crippen MR) is 60.3 cm³/mol. The van der Waals surface area contributed by atoms with Gasteiger partial charge in [-0.25, -0.2) is 0 Å². The molecule has 78 valence electrons. The minimum absolute atomic E-state index is 0.0509. The maximum absolute atomic E-state index is 11.8. The summed E-state index contributed by atoms with van der Waals surface area (Å²) >= 11 is 0. The van der Waals surface area contributed by atoms with Crippen molar-refractivity contribution in [2.45, 2.75) is 32.6 Å². The van der Waals surface area contributed by atoms with Gasteiger partial charge < -0.3 is 9.97 Å². The molecule has 2 aromatic heterocycles. The molecule has 0 radical (unpaired) electrons. The van der Waals surface area contributed by atoms with Crippen molar-refractivity contribution >= 4 is 10.9 Å². The van der Waals surface area contributed by atoms with Crippen LogP contribution < -0.4 is 5.56 Å². The molecule has 0 aliphatic heterocycles. The van der Waals surface area contributed by atoms with Gasteiger partial charge in [0, 0.05) is 11.9 Å². The number of pyridine rings is 1. The standard InChI is InChI=1S/C12H14N2O/c1-7-6-13-12(15)10-8-4-2-3-5-9(8)14-11(7)10/h6,14H,2-5H2,1H3,(H,13,15). The topological polar surface area (TPSA) is 48.6 Å². The fraction of sp³-hybridized carbons (Fsp3) is 0.417. The highest BCUT2D eigenvalue weighted by molar-refractivity contribution is 5.86. The molecular formula is C12H14N2O. The van der Waals surface area contributed by atoms with Gasteiger partial charge in [0.25, 0.3) is 5.56 Å². The molecule has 0 saturated heterocycles. The highest BCUT2D eigenvalue weighted by atomic mass is 16.1. The largest absolute Gasteiger partial charge is 0.358 e. The Morgan fingerprint density at radius 1 is 1.27 bits per heavy atom. The Morgan fingerprint density at radius 3 is 2.93 bits per heavy atom. The first-order valence-electron chi connectivity index (χ1n) is 5.49. The number of H-pyrrole nitrogens is 2. The molecule has 2 aromatic rings. The molecular weight excluding hydrogens is 188 g/mol. The second-order valence-electron chi connectivity index (χ2n) is 4.34. The smallest absolute Gasteiger partial charge is 0.257 e. The van der Waals surface area contributed by atoms with E-state index >= 15 is 0 Å². The van der Waals surface area contributed by atoms with Crippen LogP contribution in [0.5, 0.6) is 0 Å². The lowest BCUT2D eigenvalue weighted by Gasteiger charge is -2.09. The van der Waals surface area contributed by atoms with E-state index in [1.807, 2.05) is 6.92 Å². The van der Waals surface area contributed by atoms with Gasteiger partial charge in [-0.1, -0.05) is 0 Å². The molecule has 0 saturated carbocycles. The first kappa shape index (κ1) is 8.77. The molecule has 1 aliphatic carbocycles. The quantitative estimate of drug-likeness (QED) is 0.674. The zero-order valence-corrected chi connectivity index (χ0v) is 8.81. The summed E-state index contributed by atoms with van der Waals surface area (Å²) in [6.07, 6.45) is 6.35. The first-order valence-corrected chi connectivity index (χ1v) is 5.49. The van der Waals surface area contributed by atoms with Crippen molar-refractivity contribution in [3.63, 3.8) is 0 Å². The zero-order valence-electron chi connectivity index (χ0n) is 8.81. The molecule has 3 rings (SSSR count). The normalized spacial score (nSPS) is 15.5. The maximum Gasteiger partial charge on any atom is 0.257 e. The van der Waals surface area contributed by atoms with Gasteiger partial charge in [0.15, 0.2) is 0 Å². The Bertz CT molecular complexity index is 577. The summed E-state index contributed by atoms with van der Waals surface area (Å²) in [6.45, 7) is 2.03. The third-order valence-electron chi connectivity index (χ3n) is 3.34. The Morgan fingerprint density at radius 2 is 2.07 bits per heavy atom. The number of hydrogen-bond acceptors (Lipinski definition) is 1. The van der Waals surface area contributed by atoms with Gasteiger partial charge >= 0.3 is 0 Å². The number of hydrogen-bond donors (Lipinski definition) is 2. The Kier molecular flexibility index (Phi) is 1.75. The zero-order chi connectivity index (χ0) is 10.4. The minimum Gasteiger partial charge on any atom is -0.358 e. The molecule has 0 amide bonds. The van der Waals surface area contributed by atoms with Crippen LogP contribution in [-0.2, 0) is 12.8 Å². The fourth-order valence-electron chi connectivity index (χ4n) is 2.55. The van der Waals surface area contributed by atoms with Gasteiger partial charge in [-0.3, -0.25) is 4.79 Å². The van der Waals surface area contributed by atoms with Gasteiger partial charge in [0.05, 0.1) is 10.9 Å². The van der Waals surface area contributed by atoms with Gasteiger partial charge in [-0.15, -0.1) is 0 Å². The third kappa shape index (κ3) is 1.16. The summed E-state index contributed by atoms with van der Waals surface area (Å²) in [5, 5.41) is 0.893. The van der Waals surface area contributed by atoms with E-state index in [-0.39, 0.29) is 5.56 Å². The van der Waals surface area contributed by atoms with E-state index in [0.29, 0.717) is 0 Å². The van der Waals surface area contributed by atoms with E-state index in [4.69, 9.17) is 0 Å². The van der Waals surface area contributed by atoms with Crippen molar-refractivity contribution in [2.75, 3.05) is 0 Å². The van der Waals surface area contributed by atoms with E-state index in [2.05, 4.69) is 9.97 Å². The van der Waals surface area contributed by atoms with E-state index in [1.54, 1.807) is 6.20 Å². The molecule has 2 N–H and O–H groups in total. The average Bonchev–Trinajstić information content (AvgIpc) is 2.64. The second kappa shape index (κ2) is 2.99. The highest BCUT2D eigenvalue weighted by Crippen LogP contribution is 2.27. The number of rotatable bonds is 0. The van der Waals surface area contributed by atoms with E-state index in [0.717, 1.165) is 29.3 Å². The SMILES string of the molecule is Cc1c[nH]c(=O)c2c3c([nH]c12)CCCC3. The van der Waals surface area contributed by atoms with Crippen LogP contribution in [0, 0.1) is 6.92 Å². The molecule has 1 aliphatic rings. The van der Waals surface area contributed by atoms with E-state index in [1.165, 1.54) is 24.1 Å². The summed E-state index contributed by atoms with van der Waals surface area (Å²) in [4.78, 5) is 18.0. The van der Waals surface area contributed by atoms with E-state index < -0.39 is 0 Å². The molecule has 2 heterocycles. The average molecular weight is 202 g/mol. The summed E-state index contributed by atoms with van der Waals surface area (Å²) in [5.41, 5.74) is 4.73.